The standard InChI is InChI=1S/C16H32N4O/c1-6-11-20-16(15(21-5)13-18-20)14(17-7-2)10-12-19(8-3)9-4/h13-14,17H,6-12H2,1-5H3. The molecule has 0 radical (unpaired) electrons. The Morgan fingerprint density at radius 2 is 2.00 bits per heavy atom. The first-order chi connectivity index (χ1) is 10.2. The Morgan fingerprint density at radius 3 is 2.52 bits per heavy atom. The number of methoxy groups -OCH3 is 1. The van der Waals surface area contributed by atoms with Gasteiger partial charge in [-0.1, -0.05) is 27.7 Å². The summed E-state index contributed by atoms with van der Waals surface area (Å²) in [5, 5.41) is 8.08. The van der Waals surface area contributed by atoms with E-state index in [-0.39, 0.29) is 0 Å². The minimum Gasteiger partial charge on any atom is -0.493 e. The summed E-state index contributed by atoms with van der Waals surface area (Å²) in [6.45, 7) is 13.9. The minimum absolute atomic E-state index is 0.291. The van der Waals surface area contributed by atoms with E-state index in [1.165, 1.54) is 5.69 Å². The van der Waals surface area contributed by atoms with Crippen LogP contribution in [0.25, 0.3) is 0 Å². The highest BCUT2D eigenvalue weighted by atomic mass is 16.5. The highest BCUT2D eigenvalue weighted by Crippen LogP contribution is 2.27. The van der Waals surface area contributed by atoms with Gasteiger partial charge in [0.25, 0.3) is 0 Å². The van der Waals surface area contributed by atoms with E-state index in [1.54, 1.807) is 7.11 Å². The fourth-order valence-corrected chi connectivity index (χ4v) is 2.71. The van der Waals surface area contributed by atoms with Crippen LogP contribution in [0.5, 0.6) is 5.75 Å². The van der Waals surface area contributed by atoms with E-state index in [4.69, 9.17) is 4.74 Å². The zero-order chi connectivity index (χ0) is 15.7. The van der Waals surface area contributed by atoms with Crippen molar-refractivity contribution in [2.24, 2.45) is 0 Å². The monoisotopic (exact) mass is 296 g/mol. The lowest BCUT2D eigenvalue weighted by atomic mass is 10.1. The summed E-state index contributed by atoms with van der Waals surface area (Å²) < 4.78 is 7.61. The summed E-state index contributed by atoms with van der Waals surface area (Å²) in [5.41, 5.74) is 1.19. The second-order valence-electron chi connectivity index (χ2n) is 5.25. The normalized spacial score (nSPS) is 12.9. The third-order valence-corrected chi connectivity index (χ3v) is 3.91. The Labute approximate surface area is 129 Å². The second kappa shape index (κ2) is 9.79. The molecule has 1 N–H and O–H groups in total. The van der Waals surface area contributed by atoms with E-state index in [2.05, 4.69) is 47.7 Å². The van der Waals surface area contributed by atoms with Gasteiger partial charge in [-0.25, -0.2) is 0 Å². The van der Waals surface area contributed by atoms with Gasteiger partial charge in [0.15, 0.2) is 5.75 Å². The van der Waals surface area contributed by atoms with Gasteiger partial charge in [-0.15, -0.1) is 0 Å². The van der Waals surface area contributed by atoms with E-state index < -0.39 is 0 Å². The van der Waals surface area contributed by atoms with Gasteiger partial charge in [0.1, 0.15) is 0 Å². The fraction of sp³-hybridized carbons (Fsp3) is 0.812. The van der Waals surface area contributed by atoms with Crippen molar-refractivity contribution in [2.75, 3.05) is 33.3 Å². The molecule has 0 bridgehead atoms. The van der Waals surface area contributed by atoms with Crippen LogP contribution in [0.1, 0.15) is 52.3 Å². The molecule has 0 saturated carbocycles. The van der Waals surface area contributed by atoms with Crippen LogP contribution in [0, 0.1) is 0 Å². The number of nitrogens with zero attached hydrogens (tertiary/aromatic N) is 3. The Morgan fingerprint density at radius 1 is 1.29 bits per heavy atom. The van der Waals surface area contributed by atoms with Gasteiger partial charge in [-0.3, -0.25) is 4.68 Å². The van der Waals surface area contributed by atoms with Gasteiger partial charge < -0.3 is 15.0 Å². The molecular weight excluding hydrogens is 264 g/mol. The summed E-state index contributed by atoms with van der Waals surface area (Å²) in [6.07, 6.45) is 3.99. The number of aromatic nitrogens is 2. The molecule has 0 aliphatic carbocycles. The molecule has 5 nitrogen and oxygen atoms in total. The first-order valence-electron chi connectivity index (χ1n) is 8.27. The zero-order valence-corrected chi connectivity index (χ0v) is 14.4. The number of nitrogens with one attached hydrogen (secondary N) is 1. The SMILES string of the molecule is CCCn1ncc(OC)c1C(CCN(CC)CC)NCC. The van der Waals surface area contributed by atoms with Gasteiger partial charge in [0.05, 0.1) is 25.0 Å². The Bertz CT molecular complexity index is 388. The first-order valence-corrected chi connectivity index (χ1v) is 8.27. The summed E-state index contributed by atoms with van der Waals surface area (Å²) in [4.78, 5) is 2.46. The van der Waals surface area contributed by atoms with E-state index in [0.29, 0.717) is 6.04 Å². The van der Waals surface area contributed by atoms with E-state index in [9.17, 15) is 0 Å². The van der Waals surface area contributed by atoms with Crippen molar-refractivity contribution < 1.29 is 4.74 Å². The molecule has 0 aromatic carbocycles. The lowest BCUT2D eigenvalue weighted by Crippen LogP contribution is -2.31. The maximum Gasteiger partial charge on any atom is 0.161 e. The minimum atomic E-state index is 0.291. The van der Waals surface area contributed by atoms with Crippen molar-refractivity contribution in [1.29, 1.82) is 0 Å². The number of aryl methyl sites for hydroxylation is 1. The number of rotatable bonds is 11. The molecule has 0 aliphatic heterocycles. The number of hydrogen-bond donors (Lipinski definition) is 1. The van der Waals surface area contributed by atoms with Crippen molar-refractivity contribution in [1.82, 2.24) is 20.0 Å². The molecule has 5 heteroatoms. The quantitative estimate of drug-likeness (QED) is 0.682. The molecule has 1 aromatic heterocycles. The van der Waals surface area contributed by atoms with E-state index >= 15 is 0 Å². The maximum atomic E-state index is 5.52. The van der Waals surface area contributed by atoms with Crippen molar-refractivity contribution in [2.45, 2.75) is 53.1 Å². The Hall–Kier alpha value is -1.07. The molecular formula is C16H32N4O. The summed E-state index contributed by atoms with van der Waals surface area (Å²) >= 11 is 0. The van der Waals surface area contributed by atoms with Crippen LogP contribution in [0.2, 0.25) is 0 Å². The lowest BCUT2D eigenvalue weighted by Gasteiger charge is -2.24. The third kappa shape index (κ3) is 5.00. The predicted octanol–water partition coefficient (Wildman–Crippen LogP) is 2.68. The van der Waals surface area contributed by atoms with E-state index in [1.807, 2.05) is 6.20 Å². The lowest BCUT2D eigenvalue weighted by molar-refractivity contribution is 0.276. The molecule has 0 amide bonds. The Balaban J connectivity index is 2.90. The molecule has 0 aliphatic rings. The van der Waals surface area contributed by atoms with Crippen molar-refractivity contribution in [3.63, 3.8) is 0 Å². The molecule has 1 atom stereocenters. The van der Waals surface area contributed by atoms with Crippen LogP contribution >= 0.6 is 0 Å². The average Bonchev–Trinajstić information content (AvgIpc) is 2.90. The van der Waals surface area contributed by atoms with Crippen LogP contribution in [0.3, 0.4) is 0 Å². The molecule has 1 heterocycles. The second-order valence-corrected chi connectivity index (χ2v) is 5.25. The highest BCUT2D eigenvalue weighted by Gasteiger charge is 2.21. The number of hydrogen-bond acceptors (Lipinski definition) is 4. The Kier molecular flexibility index (Phi) is 8.38. The summed E-state index contributed by atoms with van der Waals surface area (Å²) in [7, 11) is 1.73. The zero-order valence-electron chi connectivity index (χ0n) is 14.4. The molecule has 122 valence electrons. The molecule has 0 fully saturated rings. The van der Waals surface area contributed by atoms with Gasteiger partial charge in [-0.2, -0.15) is 5.10 Å². The molecule has 21 heavy (non-hydrogen) atoms. The third-order valence-electron chi connectivity index (χ3n) is 3.91. The first kappa shape index (κ1) is 18.0. The molecule has 0 saturated heterocycles. The maximum absolute atomic E-state index is 5.52. The smallest absolute Gasteiger partial charge is 0.161 e. The van der Waals surface area contributed by atoms with E-state index in [0.717, 1.165) is 51.3 Å². The largest absolute Gasteiger partial charge is 0.493 e. The van der Waals surface area contributed by atoms with Gasteiger partial charge >= 0.3 is 0 Å². The van der Waals surface area contributed by atoms with Crippen LogP contribution in [0.15, 0.2) is 6.20 Å². The van der Waals surface area contributed by atoms with Crippen molar-refractivity contribution in [3.05, 3.63) is 11.9 Å². The highest BCUT2D eigenvalue weighted by molar-refractivity contribution is 5.28. The van der Waals surface area contributed by atoms with Gasteiger partial charge in [0, 0.05) is 6.54 Å². The summed E-state index contributed by atoms with van der Waals surface area (Å²) in [6, 6.07) is 0.291. The van der Waals surface area contributed by atoms with Crippen LogP contribution in [0.4, 0.5) is 0 Å². The number of ether oxygens (including phenoxy) is 1. The molecule has 1 unspecified atom stereocenters. The topological polar surface area (TPSA) is 42.3 Å². The molecule has 1 aromatic rings. The molecule has 1 rings (SSSR count). The van der Waals surface area contributed by atoms with Gasteiger partial charge in [0.2, 0.25) is 0 Å². The molecule has 0 spiro atoms. The van der Waals surface area contributed by atoms with Crippen molar-refractivity contribution in [3.8, 4) is 5.75 Å². The van der Waals surface area contributed by atoms with Gasteiger partial charge in [-0.05, 0) is 39.0 Å². The van der Waals surface area contributed by atoms with Crippen LogP contribution < -0.4 is 10.1 Å². The van der Waals surface area contributed by atoms with Crippen molar-refractivity contribution >= 4 is 0 Å². The van der Waals surface area contributed by atoms with Crippen LogP contribution in [-0.4, -0.2) is 48.0 Å². The average molecular weight is 296 g/mol. The fourth-order valence-electron chi connectivity index (χ4n) is 2.71. The summed E-state index contributed by atoms with van der Waals surface area (Å²) in [5.74, 6) is 0.897. The predicted molar refractivity (Wildman–Crippen MR) is 87.9 cm³/mol. The van der Waals surface area contributed by atoms with Crippen LogP contribution in [-0.2, 0) is 6.54 Å².